The Balaban J connectivity index is 1.61. The van der Waals surface area contributed by atoms with Crippen LogP contribution in [0.3, 0.4) is 0 Å². The molecular formula is C21H15BrCl2N2O5. The van der Waals surface area contributed by atoms with Crippen LogP contribution in [0.15, 0.2) is 56.7 Å². The maximum atomic E-state index is 13.2. The molecule has 0 unspecified atom stereocenters. The largest absolute Gasteiger partial charge is 0.491 e. The lowest BCUT2D eigenvalue weighted by atomic mass is 9.89. The van der Waals surface area contributed by atoms with E-state index in [-0.39, 0.29) is 30.5 Å². The van der Waals surface area contributed by atoms with Gasteiger partial charge in [-0.3, -0.25) is 9.36 Å². The van der Waals surface area contributed by atoms with E-state index < -0.39 is 6.09 Å². The van der Waals surface area contributed by atoms with Crippen molar-refractivity contribution in [2.75, 3.05) is 6.61 Å². The van der Waals surface area contributed by atoms with Gasteiger partial charge < -0.3 is 14.3 Å². The highest BCUT2D eigenvalue weighted by Crippen LogP contribution is 2.37. The van der Waals surface area contributed by atoms with Crippen LogP contribution >= 0.6 is 39.1 Å². The van der Waals surface area contributed by atoms with E-state index in [9.17, 15) is 9.59 Å². The molecule has 0 fully saturated rings. The number of Topliss-reactive ketones (excluding diaryl/α,β-unsaturated/α-hetero) is 1. The Morgan fingerprint density at radius 3 is 2.77 bits per heavy atom. The van der Waals surface area contributed by atoms with Gasteiger partial charge in [0.1, 0.15) is 12.0 Å². The van der Waals surface area contributed by atoms with Gasteiger partial charge in [0.25, 0.3) is 0 Å². The van der Waals surface area contributed by atoms with Crippen LogP contribution in [0.25, 0.3) is 0 Å². The van der Waals surface area contributed by atoms with Gasteiger partial charge in [0, 0.05) is 6.20 Å². The summed E-state index contributed by atoms with van der Waals surface area (Å²) < 4.78 is 13.2. The number of hydrogen-bond donors (Lipinski definition) is 1. The number of benzene rings is 2. The number of rotatable bonds is 4. The molecule has 2 heterocycles. The topological polar surface area (TPSA) is 94.0 Å². The highest BCUT2D eigenvalue weighted by molar-refractivity contribution is 9.10. The molecule has 0 spiro atoms. The first kappa shape index (κ1) is 21.7. The maximum absolute atomic E-state index is 13.2. The lowest BCUT2D eigenvalue weighted by Crippen LogP contribution is -2.30. The zero-order chi connectivity index (χ0) is 22.1. The predicted octanol–water partition coefficient (Wildman–Crippen LogP) is 5.21. The number of halogens is 3. The Morgan fingerprint density at radius 1 is 1.23 bits per heavy atom. The molecular weight excluding hydrogens is 511 g/mol. The van der Waals surface area contributed by atoms with Crippen molar-refractivity contribution in [2.24, 2.45) is 10.9 Å². The van der Waals surface area contributed by atoms with Crippen LogP contribution in [-0.4, -0.2) is 28.2 Å². The molecule has 1 aliphatic heterocycles. The SMILES string of the molecule is O=C(O)N=c1occn1Cc1cc(Br)c2c(c1)C(=O)[C@@H](Cc1ccc(Cl)c(Cl)c1)CO2. The van der Waals surface area contributed by atoms with Crippen molar-refractivity contribution >= 4 is 51.0 Å². The molecule has 1 N–H and O–H groups in total. The van der Waals surface area contributed by atoms with Crippen LogP contribution in [0.5, 0.6) is 5.75 Å². The Bertz CT molecular complexity index is 1250. The fourth-order valence-corrected chi connectivity index (χ4v) is 4.38. The molecule has 2 aromatic carbocycles. The monoisotopic (exact) mass is 524 g/mol. The van der Waals surface area contributed by atoms with E-state index in [4.69, 9.17) is 37.5 Å². The van der Waals surface area contributed by atoms with Gasteiger partial charge in [-0.1, -0.05) is 29.3 Å². The first-order valence-electron chi connectivity index (χ1n) is 9.17. The second-order valence-electron chi connectivity index (χ2n) is 6.99. The van der Waals surface area contributed by atoms with Gasteiger partial charge in [-0.05, 0) is 57.7 Å². The number of ether oxygens (including phenoxy) is 1. The number of ketones is 1. The van der Waals surface area contributed by atoms with Crippen molar-refractivity contribution in [3.8, 4) is 5.75 Å². The molecule has 31 heavy (non-hydrogen) atoms. The quantitative estimate of drug-likeness (QED) is 0.504. The summed E-state index contributed by atoms with van der Waals surface area (Å²) >= 11 is 15.5. The van der Waals surface area contributed by atoms with Crippen LogP contribution in [0.1, 0.15) is 21.5 Å². The Kier molecular flexibility index (Phi) is 6.22. The predicted molar refractivity (Wildman–Crippen MR) is 117 cm³/mol. The number of fused-ring (bicyclic) bond motifs is 1. The number of hydrogen-bond acceptors (Lipinski definition) is 4. The number of carbonyl (C=O) groups excluding carboxylic acids is 1. The molecule has 0 aliphatic carbocycles. The molecule has 1 aliphatic rings. The van der Waals surface area contributed by atoms with E-state index in [1.165, 1.54) is 10.8 Å². The van der Waals surface area contributed by atoms with E-state index in [1.807, 2.05) is 12.1 Å². The normalized spacial score (nSPS) is 16.2. The Labute approximate surface area is 195 Å². The molecule has 10 heteroatoms. The van der Waals surface area contributed by atoms with Crippen LogP contribution in [-0.2, 0) is 13.0 Å². The van der Waals surface area contributed by atoms with E-state index in [0.29, 0.717) is 32.3 Å². The van der Waals surface area contributed by atoms with Gasteiger partial charge in [0.2, 0.25) is 0 Å². The smallest absolute Gasteiger partial charge is 0.435 e. The van der Waals surface area contributed by atoms with Crippen molar-refractivity contribution in [3.63, 3.8) is 0 Å². The molecule has 0 saturated heterocycles. The zero-order valence-electron chi connectivity index (χ0n) is 15.8. The van der Waals surface area contributed by atoms with Gasteiger partial charge in [-0.15, -0.1) is 4.99 Å². The van der Waals surface area contributed by atoms with Crippen molar-refractivity contribution in [1.82, 2.24) is 4.57 Å². The molecule has 1 atom stereocenters. The first-order chi connectivity index (χ1) is 14.8. The average Bonchev–Trinajstić information content (AvgIpc) is 3.13. The number of carbonyl (C=O) groups is 2. The number of nitrogens with zero attached hydrogens (tertiary/aromatic N) is 2. The first-order valence-corrected chi connectivity index (χ1v) is 10.7. The molecule has 160 valence electrons. The number of aromatic nitrogens is 1. The summed E-state index contributed by atoms with van der Waals surface area (Å²) in [5.41, 5.74) is 2.05. The summed E-state index contributed by atoms with van der Waals surface area (Å²) in [4.78, 5) is 27.5. The minimum Gasteiger partial charge on any atom is -0.491 e. The van der Waals surface area contributed by atoms with Crippen molar-refractivity contribution in [1.29, 1.82) is 0 Å². The Hall–Kier alpha value is -2.55. The second kappa shape index (κ2) is 8.90. The summed E-state index contributed by atoms with van der Waals surface area (Å²) in [6.07, 6.45) is 2.02. The molecule has 7 nitrogen and oxygen atoms in total. The molecule has 3 aromatic rings. The van der Waals surface area contributed by atoms with Gasteiger partial charge in [0.15, 0.2) is 5.78 Å². The summed E-state index contributed by atoms with van der Waals surface area (Å²) in [5.74, 6) is 0.0836. The highest BCUT2D eigenvalue weighted by atomic mass is 79.9. The van der Waals surface area contributed by atoms with E-state index in [1.54, 1.807) is 24.4 Å². The summed E-state index contributed by atoms with van der Waals surface area (Å²) in [5, 5.41) is 9.77. The van der Waals surface area contributed by atoms with Gasteiger partial charge in [0.05, 0.1) is 39.2 Å². The maximum Gasteiger partial charge on any atom is 0.435 e. The number of carboxylic acid groups (broad SMARTS) is 1. The van der Waals surface area contributed by atoms with Crippen molar-refractivity contribution < 1.29 is 23.8 Å². The molecule has 4 rings (SSSR count). The van der Waals surface area contributed by atoms with E-state index in [0.717, 1.165) is 11.1 Å². The third-order valence-corrected chi connectivity index (χ3v) is 6.17. The zero-order valence-corrected chi connectivity index (χ0v) is 18.9. The minimum absolute atomic E-state index is 0.0393. The third kappa shape index (κ3) is 4.71. The summed E-state index contributed by atoms with van der Waals surface area (Å²) in [7, 11) is 0. The van der Waals surface area contributed by atoms with Gasteiger partial charge in [-0.2, -0.15) is 0 Å². The van der Waals surface area contributed by atoms with E-state index in [2.05, 4.69) is 20.9 Å². The van der Waals surface area contributed by atoms with Crippen molar-refractivity contribution in [2.45, 2.75) is 13.0 Å². The highest BCUT2D eigenvalue weighted by Gasteiger charge is 2.31. The second-order valence-corrected chi connectivity index (χ2v) is 8.66. The molecule has 1 amide bonds. The fraction of sp³-hybridized carbons (Fsp3) is 0.190. The minimum atomic E-state index is -1.36. The lowest BCUT2D eigenvalue weighted by molar-refractivity contribution is 0.0829. The number of oxazole rings is 1. The lowest BCUT2D eigenvalue weighted by Gasteiger charge is -2.26. The summed E-state index contributed by atoms with van der Waals surface area (Å²) in [6.45, 7) is 0.515. The van der Waals surface area contributed by atoms with Gasteiger partial charge >= 0.3 is 11.8 Å². The van der Waals surface area contributed by atoms with E-state index >= 15 is 0 Å². The van der Waals surface area contributed by atoms with Crippen molar-refractivity contribution in [3.05, 3.63) is 79.7 Å². The standard InChI is InChI=1S/C21H15BrCl2N2O5/c22-15-7-12(9-26-3-4-30-20(26)25-21(28)29)6-14-18(27)13(10-31-19(14)15)5-11-1-2-16(23)17(24)8-11/h1-4,6-8,13H,5,9-10H2,(H,28,29)/t13-/m0/s1. The Morgan fingerprint density at radius 2 is 2.03 bits per heavy atom. The fourth-order valence-electron chi connectivity index (χ4n) is 3.44. The molecule has 0 saturated carbocycles. The van der Waals surface area contributed by atoms with Crippen LogP contribution in [0.4, 0.5) is 4.79 Å². The summed E-state index contributed by atoms with van der Waals surface area (Å²) in [6, 6.07) is 8.86. The molecule has 1 aromatic heterocycles. The molecule has 0 bridgehead atoms. The number of amides is 1. The van der Waals surface area contributed by atoms with Gasteiger partial charge in [-0.25, -0.2) is 4.79 Å². The molecule has 0 radical (unpaired) electrons. The van der Waals surface area contributed by atoms with Crippen LogP contribution < -0.4 is 10.4 Å². The average molecular weight is 526 g/mol. The van der Waals surface area contributed by atoms with Crippen LogP contribution in [0, 0.1) is 5.92 Å². The third-order valence-electron chi connectivity index (χ3n) is 4.84. The van der Waals surface area contributed by atoms with Crippen LogP contribution in [0.2, 0.25) is 10.0 Å².